The number of hydrogen-bond donors (Lipinski definition) is 3. The summed E-state index contributed by atoms with van der Waals surface area (Å²) in [4.78, 5) is 72.2. The third-order valence-electron chi connectivity index (χ3n) is 4.32. The topological polar surface area (TPSA) is 206 Å². The van der Waals surface area contributed by atoms with E-state index in [0.717, 1.165) is 18.2 Å². The molecule has 0 bridgehead atoms. The van der Waals surface area contributed by atoms with Gasteiger partial charge in [-0.3, -0.25) is 0 Å². The second-order valence-electron chi connectivity index (χ2n) is 7.14. The molecule has 0 aliphatic heterocycles. The van der Waals surface area contributed by atoms with E-state index < -0.39 is 92.7 Å². The molecule has 0 aliphatic carbocycles. The molecule has 0 saturated carbocycles. The molecule has 1 heterocycles. The molecule has 1 aromatic rings. The van der Waals surface area contributed by atoms with Crippen molar-refractivity contribution in [3.05, 3.63) is 69.4 Å². The maximum Gasteiger partial charge on any atom is 0.336 e. The number of esters is 3. The summed E-state index contributed by atoms with van der Waals surface area (Å²) in [5.74, 6) is -2.63. The Labute approximate surface area is 203 Å². The average molecular weight is 513 g/mol. The first-order valence-electron chi connectivity index (χ1n) is 10.3. The third-order valence-corrected chi connectivity index (χ3v) is 4.32. The molecule has 198 valence electrons. The normalized spacial score (nSPS) is 13.1. The number of hydrogen-bond acceptors (Lipinski definition) is 12. The van der Waals surface area contributed by atoms with Crippen molar-refractivity contribution >= 4 is 17.9 Å². The monoisotopic (exact) mass is 513 g/mol. The van der Waals surface area contributed by atoms with Crippen LogP contribution in [0.25, 0.3) is 0 Å². The molecular weight excluding hydrogens is 486 g/mol. The predicted octanol–water partition coefficient (Wildman–Crippen LogP) is -3.56. The van der Waals surface area contributed by atoms with Crippen molar-refractivity contribution in [3.63, 3.8) is 0 Å². The van der Waals surface area contributed by atoms with Crippen molar-refractivity contribution in [2.45, 2.75) is 37.9 Å². The number of aliphatic hydroxyl groups is 3. The van der Waals surface area contributed by atoms with Crippen molar-refractivity contribution < 1.29 is 43.9 Å². The van der Waals surface area contributed by atoms with Gasteiger partial charge < -0.3 is 29.5 Å². The highest BCUT2D eigenvalue weighted by Gasteiger charge is 2.22. The molecule has 3 N–H and O–H groups in total. The molecule has 0 amide bonds. The number of carbonyl (C=O) groups excluding carboxylic acids is 3. The second-order valence-corrected chi connectivity index (χ2v) is 7.14. The Morgan fingerprint density at radius 1 is 0.611 bits per heavy atom. The van der Waals surface area contributed by atoms with Crippen LogP contribution in [-0.4, -0.2) is 85.1 Å². The van der Waals surface area contributed by atoms with E-state index in [4.69, 9.17) is 0 Å². The van der Waals surface area contributed by atoms with Gasteiger partial charge in [-0.2, -0.15) is 0 Å². The van der Waals surface area contributed by atoms with Gasteiger partial charge in [-0.15, -0.1) is 0 Å². The zero-order valence-corrected chi connectivity index (χ0v) is 19.2. The predicted molar refractivity (Wildman–Crippen MR) is 121 cm³/mol. The van der Waals surface area contributed by atoms with E-state index in [-0.39, 0.29) is 0 Å². The number of carbonyl (C=O) groups is 3. The van der Waals surface area contributed by atoms with Gasteiger partial charge in [-0.1, -0.05) is 19.7 Å². The summed E-state index contributed by atoms with van der Waals surface area (Å²) < 4.78 is 15.2. The first kappa shape index (κ1) is 30.0. The highest BCUT2D eigenvalue weighted by atomic mass is 16.5. The number of aromatic nitrogens is 3. The lowest BCUT2D eigenvalue weighted by molar-refractivity contribution is -0.141. The van der Waals surface area contributed by atoms with Crippen LogP contribution >= 0.6 is 0 Å². The molecule has 1 aromatic heterocycles. The summed E-state index contributed by atoms with van der Waals surface area (Å²) in [6.45, 7) is 5.41. The minimum atomic E-state index is -1.57. The Balaban J connectivity index is 3.36. The van der Waals surface area contributed by atoms with Gasteiger partial charge in [-0.05, 0) is 0 Å². The number of nitrogens with zero attached hydrogens (tertiary/aromatic N) is 3. The highest BCUT2D eigenvalue weighted by Crippen LogP contribution is 1.95. The van der Waals surface area contributed by atoms with Crippen LogP contribution in [-0.2, 0) is 48.2 Å². The summed E-state index contributed by atoms with van der Waals surface area (Å²) >= 11 is 0. The molecule has 0 fully saturated rings. The van der Waals surface area contributed by atoms with Gasteiger partial charge >= 0.3 is 35.0 Å². The molecule has 1 rings (SSSR count). The smallest absolute Gasteiger partial charge is 0.336 e. The van der Waals surface area contributed by atoms with E-state index in [2.05, 4.69) is 33.9 Å². The minimum absolute atomic E-state index is 0.415. The molecule has 36 heavy (non-hydrogen) atoms. The fourth-order valence-corrected chi connectivity index (χ4v) is 2.65. The lowest BCUT2D eigenvalue weighted by atomic mass is 10.3. The van der Waals surface area contributed by atoms with E-state index in [0.29, 0.717) is 13.7 Å². The molecule has 0 aromatic carbocycles. The second kappa shape index (κ2) is 14.3. The average Bonchev–Trinajstić information content (AvgIpc) is 2.86. The molecule has 0 radical (unpaired) electrons. The third kappa shape index (κ3) is 8.94. The van der Waals surface area contributed by atoms with Crippen LogP contribution in [0, 0.1) is 0 Å². The molecule has 0 aliphatic rings. The Hall–Kier alpha value is -4.08. The SMILES string of the molecule is C=CC(=O)OCC(O)Cn1c(=O)n(CC(O)COC(=O)C=C)c(=O)n(CC(O)COC(=O)C=C)c1=O. The fraction of sp³-hybridized carbons (Fsp3) is 0.429. The van der Waals surface area contributed by atoms with Crippen LogP contribution in [0.3, 0.4) is 0 Å². The number of rotatable bonds is 15. The number of ether oxygens (including phenoxy) is 3. The van der Waals surface area contributed by atoms with E-state index >= 15 is 0 Å². The van der Waals surface area contributed by atoms with Gasteiger partial charge in [0.25, 0.3) is 0 Å². The molecule has 0 saturated heterocycles. The molecular formula is C21H27N3O12. The lowest BCUT2D eigenvalue weighted by Crippen LogP contribution is -2.57. The molecule has 0 spiro atoms. The molecule has 15 heteroatoms. The van der Waals surface area contributed by atoms with Crippen LogP contribution in [0.1, 0.15) is 0 Å². The van der Waals surface area contributed by atoms with E-state index in [1.807, 2.05) is 0 Å². The van der Waals surface area contributed by atoms with Crippen molar-refractivity contribution in [2.24, 2.45) is 0 Å². The Kier molecular flexibility index (Phi) is 11.9. The summed E-state index contributed by atoms with van der Waals surface area (Å²) in [7, 11) is 0. The lowest BCUT2D eigenvalue weighted by Gasteiger charge is -2.19. The van der Waals surface area contributed by atoms with E-state index in [9.17, 15) is 44.1 Å². The Morgan fingerprint density at radius 2 is 0.833 bits per heavy atom. The van der Waals surface area contributed by atoms with Crippen LogP contribution in [0.5, 0.6) is 0 Å². The molecule has 3 unspecified atom stereocenters. The Morgan fingerprint density at radius 3 is 1.03 bits per heavy atom. The van der Waals surface area contributed by atoms with Crippen LogP contribution < -0.4 is 17.1 Å². The standard InChI is InChI=1S/C21H27N3O12/c1-4-16(28)34-10-13(25)7-22-19(31)23(8-14(26)11-35-17(29)5-2)21(33)24(20(22)32)9-15(27)12-36-18(30)6-3/h4-6,13-15,25-27H,1-3,7-12H2. The summed E-state index contributed by atoms with van der Waals surface area (Å²) in [6, 6.07) is 0. The van der Waals surface area contributed by atoms with E-state index in [1.165, 1.54) is 0 Å². The zero-order chi connectivity index (χ0) is 27.4. The van der Waals surface area contributed by atoms with Gasteiger partial charge in [0.15, 0.2) is 0 Å². The van der Waals surface area contributed by atoms with Crippen LogP contribution in [0.15, 0.2) is 52.3 Å². The largest absolute Gasteiger partial charge is 0.460 e. The van der Waals surface area contributed by atoms with Gasteiger partial charge in [0.2, 0.25) is 0 Å². The summed E-state index contributed by atoms with van der Waals surface area (Å²) in [5.41, 5.74) is -3.76. The van der Waals surface area contributed by atoms with E-state index in [1.54, 1.807) is 0 Å². The number of aliphatic hydroxyl groups excluding tert-OH is 3. The summed E-state index contributed by atoms with van der Waals surface area (Å²) in [5, 5.41) is 30.3. The minimum Gasteiger partial charge on any atom is -0.460 e. The van der Waals surface area contributed by atoms with Gasteiger partial charge in [0, 0.05) is 18.2 Å². The first-order chi connectivity index (χ1) is 16.9. The van der Waals surface area contributed by atoms with Gasteiger partial charge in [0.05, 0.1) is 19.6 Å². The maximum absolute atomic E-state index is 12.9. The first-order valence-corrected chi connectivity index (χ1v) is 10.3. The van der Waals surface area contributed by atoms with Crippen molar-refractivity contribution in [2.75, 3.05) is 19.8 Å². The summed E-state index contributed by atoms with van der Waals surface area (Å²) in [6.07, 6.45) is -2.24. The van der Waals surface area contributed by atoms with Gasteiger partial charge in [0.1, 0.15) is 38.1 Å². The highest BCUT2D eigenvalue weighted by molar-refractivity contribution is 5.81. The zero-order valence-electron chi connectivity index (χ0n) is 19.2. The van der Waals surface area contributed by atoms with Crippen LogP contribution in [0.4, 0.5) is 0 Å². The van der Waals surface area contributed by atoms with Crippen molar-refractivity contribution in [3.8, 4) is 0 Å². The van der Waals surface area contributed by atoms with Gasteiger partial charge in [-0.25, -0.2) is 42.5 Å². The quantitative estimate of drug-likeness (QED) is 0.118. The van der Waals surface area contributed by atoms with Crippen molar-refractivity contribution in [1.29, 1.82) is 0 Å². The molecule has 3 atom stereocenters. The maximum atomic E-state index is 12.9. The van der Waals surface area contributed by atoms with Crippen LogP contribution in [0.2, 0.25) is 0 Å². The molecule has 15 nitrogen and oxygen atoms in total. The Bertz CT molecular complexity index is 989. The van der Waals surface area contributed by atoms with Crippen molar-refractivity contribution in [1.82, 2.24) is 13.7 Å². The fourth-order valence-electron chi connectivity index (χ4n) is 2.65.